The smallest absolute Gasteiger partial charge is 0.410 e. The Morgan fingerprint density at radius 2 is 1.75 bits per heavy atom. The van der Waals surface area contributed by atoms with Crippen LogP contribution < -0.4 is 4.74 Å². The van der Waals surface area contributed by atoms with E-state index < -0.39 is 35.1 Å². The van der Waals surface area contributed by atoms with Crippen LogP contribution >= 0.6 is 0 Å². The number of imidazole rings is 1. The van der Waals surface area contributed by atoms with Gasteiger partial charge in [0.2, 0.25) is 5.88 Å². The number of nitrogens with zero attached hydrogens (tertiary/aromatic N) is 5. The van der Waals surface area contributed by atoms with Gasteiger partial charge in [0.25, 0.3) is 0 Å². The molecule has 1 saturated carbocycles. The molecule has 0 saturated heterocycles. The SMILES string of the molecule is CC(C)(C)OC(=O)N(CCn1c(Cc2cc(F)c(-c3cccc(OCc4ccc(C#N)cc4F)n3)cc2F)nc2ccc(C(=O)O)cc21)C1CC1. The number of fused-ring (bicyclic) bond motifs is 1. The van der Waals surface area contributed by atoms with Crippen LogP contribution in [-0.2, 0) is 24.3 Å². The molecule has 2 heterocycles. The molecule has 2 aromatic heterocycles. The highest BCUT2D eigenvalue weighted by atomic mass is 19.1. The van der Waals surface area contributed by atoms with Crippen molar-refractivity contribution in [3.63, 3.8) is 0 Å². The molecule has 0 radical (unpaired) electrons. The zero-order chi connectivity index (χ0) is 36.4. The van der Waals surface area contributed by atoms with Crippen molar-refractivity contribution in [1.82, 2.24) is 19.4 Å². The predicted molar refractivity (Wildman–Crippen MR) is 180 cm³/mol. The van der Waals surface area contributed by atoms with E-state index in [1.807, 2.05) is 6.07 Å². The van der Waals surface area contributed by atoms with Crippen LogP contribution in [0.2, 0.25) is 0 Å². The van der Waals surface area contributed by atoms with Gasteiger partial charge >= 0.3 is 12.1 Å². The van der Waals surface area contributed by atoms with E-state index in [2.05, 4.69) is 9.97 Å². The van der Waals surface area contributed by atoms with Crippen LogP contribution in [0.25, 0.3) is 22.3 Å². The molecule has 1 aliphatic carbocycles. The maximum absolute atomic E-state index is 15.8. The second-order valence-electron chi connectivity index (χ2n) is 13.3. The molecule has 262 valence electrons. The van der Waals surface area contributed by atoms with Crippen molar-refractivity contribution in [2.45, 2.75) is 64.8 Å². The summed E-state index contributed by atoms with van der Waals surface area (Å²) in [6.07, 6.45) is 1.06. The Hall–Kier alpha value is -5.90. The van der Waals surface area contributed by atoms with E-state index >= 15 is 8.78 Å². The summed E-state index contributed by atoms with van der Waals surface area (Å²) < 4.78 is 58.7. The van der Waals surface area contributed by atoms with E-state index in [4.69, 9.17) is 14.7 Å². The van der Waals surface area contributed by atoms with Crippen molar-refractivity contribution < 1.29 is 37.3 Å². The van der Waals surface area contributed by atoms with E-state index in [9.17, 15) is 19.1 Å². The first-order valence-corrected chi connectivity index (χ1v) is 16.3. The van der Waals surface area contributed by atoms with Gasteiger partial charge in [0.05, 0.1) is 33.9 Å². The second kappa shape index (κ2) is 14.1. The van der Waals surface area contributed by atoms with Gasteiger partial charge in [0.15, 0.2) is 0 Å². The average molecular weight is 698 g/mol. The molecule has 0 bridgehead atoms. The van der Waals surface area contributed by atoms with E-state index in [0.717, 1.165) is 31.0 Å². The van der Waals surface area contributed by atoms with Crippen LogP contribution in [0.5, 0.6) is 5.88 Å². The van der Waals surface area contributed by atoms with Crippen molar-refractivity contribution >= 4 is 23.1 Å². The molecule has 1 aliphatic rings. The molecule has 51 heavy (non-hydrogen) atoms. The molecule has 1 fully saturated rings. The molecule has 0 spiro atoms. The summed E-state index contributed by atoms with van der Waals surface area (Å²) in [7, 11) is 0. The molecule has 0 aliphatic heterocycles. The van der Waals surface area contributed by atoms with Gasteiger partial charge < -0.3 is 24.0 Å². The number of amides is 1. The first kappa shape index (κ1) is 34.9. The van der Waals surface area contributed by atoms with Crippen LogP contribution in [-0.4, -0.2) is 54.8 Å². The highest BCUT2D eigenvalue weighted by Gasteiger charge is 2.35. The van der Waals surface area contributed by atoms with Crippen molar-refractivity contribution in [2.24, 2.45) is 0 Å². The number of carboxylic acid groups (broad SMARTS) is 1. The predicted octanol–water partition coefficient (Wildman–Crippen LogP) is 7.65. The average Bonchev–Trinajstić information content (AvgIpc) is 3.86. The van der Waals surface area contributed by atoms with E-state index in [1.54, 1.807) is 42.4 Å². The van der Waals surface area contributed by atoms with Gasteiger partial charge in [-0.3, -0.25) is 0 Å². The van der Waals surface area contributed by atoms with Crippen molar-refractivity contribution in [3.05, 3.63) is 112 Å². The number of aromatic carboxylic acids is 1. The number of benzene rings is 3. The number of halogens is 3. The first-order chi connectivity index (χ1) is 24.3. The number of hydrogen-bond acceptors (Lipinski definition) is 7. The summed E-state index contributed by atoms with van der Waals surface area (Å²) >= 11 is 0. The quantitative estimate of drug-likeness (QED) is 0.149. The molecule has 0 unspecified atom stereocenters. The number of carboxylic acids is 1. The number of pyridine rings is 1. The fourth-order valence-electron chi connectivity index (χ4n) is 5.65. The summed E-state index contributed by atoms with van der Waals surface area (Å²) in [6, 6.07) is 16.9. The highest BCUT2D eigenvalue weighted by Crippen LogP contribution is 2.31. The molecular weight excluding hydrogens is 663 g/mol. The second-order valence-corrected chi connectivity index (χ2v) is 13.3. The zero-order valence-electron chi connectivity index (χ0n) is 28.1. The summed E-state index contributed by atoms with van der Waals surface area (Å²) in [5.41, 5.74) is 0.600. The van der Waals surface area contributed by atoms with Crippen molar-refractivity contribution in [2.75, 3.05) is 6.54 Å². The number of ether oxygens (including phenoxy) is 2. The van der Waals surface area contributed by atoms with Gasteiger partial charge in [-0.25, -0.2) is 32.7 Å². The number of carbonyl (C=O) groups excluding carboxylic acids is 1. The fourth-order valence-corrected chi connectivity index (χ4v) is 5.65. The molecule has 10 nitrogen and oxygen atoms in total. The van der Waals surface area contributed by atoms with Crippen LogP contribution in [0.3, 0.4) is 0 Å². The summed E-state index contributed by atoms with van der Waals surface area (Å²) in [4.78, 5) is 35.4. The lowest BCUT2D eigenvalue weighted by molar-refractivity contribution is 0.0227. The van der Waals surface area contributed by atoms with Gasteiger partial charge in [-0.2, -0.15) is 5.26 Å². The monoisotopic (exact) mass is 697 g/mol. The number of carbonyl (C=O) groups is 2. The summed E-state index contributed by atoms with van der Waals surface area (Å²) in [5, 5.41) is 18.6. The Morgan fingerprint density at radius 3 is 2.43 bits per heavy atom. The van der Waals surface area contributed by atoms with Crippen LogP contribution in [0.4, 0.5) is 18.0 Å². The van der Waals surface area contributed by atoms with Crippen LogP contribution in [0.15, 0.2) is 66.7 Å². The Bertz CT molecular complexity index is 2190. The highest BCUT2D eigenvalue weighted by molar-refractivity contribution is 5.92. The Balaban J connectivity index is 1.26. The minimum atomic E-state index is -1.13. The first-order valence-electron chi connectivity index (χ1n) is 16.3. The fraction of sp³-hybridized carbons (Fsp3) is 0.289. The van der Waals surface area contributed by atoms with Crippen LogP contribution in [0, 0.1) is 28.8 Å². The summed E-state index contributed by atoms with van der Waals surface area (Å²) in [5.74, 6) is -2.82. The third kappa shape index (κ3) is 8.12. The third-order valence-corrected chi connectivity index (χ3v) is 8.30. The minimum absolute atomic E-state index is 0.00107. The van der Waals surface area contributed by atoms with E-state index in [1.165, 1.54) is 36.4 Å². The number of hydrogen-bond donors (Lipinski definition) is 1. The molecule has 6 rings (SSSR count). The Labute approximate surface area is 291 Å². The molecule has 1 amide bonds. The number of aromatic nitrogens is 3. The van der Waals surface area contributed by atoms with E-state index in [0.29, 0.717) is 16.9 Å². The standard InChI is InChI=1S/C38H34F3N5O5/c1-38(2,3)51-37(49)45(26-10-11-26)13-14-46-33-17-23(36(47)48)9-12-32(33)43-34(46)18-25-16-30(41)27(19-29(25)40)31-5-4-6-35(44-31)50-21-24-8-7-22(20-42)15-28(24)39/h4-9,12,15-17,19,26H,10-11,13-14,18,21H2,1-3H3,(H,47,48). The molecule has 3 aromatic carbocycles. The van der Waals surface area contributed by atoms with Gasteiger partial charge in [-0.15, -0.1) is 0 Å². The largest absolute Gasteiger partial charge is 0.478 e. The van der Waals surface area contributed by atoms with Crippen LogP contribution in [0.1, 0.15) is 66.5 Å². The maximum atomic E-state index is 15.8. The lowest BCUT2D eigenvalue weighted by Gasteiger charge is -2.27. The number of nitriles is 1. The Morgan fingerprint density at radius 1 is 0.980 bits per heavy atom. The van der Waals surface area contributed by atoms with Gasteiger partial charge in [-0.1, -0.05) is 12.1 Å². The lowest BCUT2D eigenvalue weighted by Crippen LogP contribution is -2.40. The van der Waals surface area contributed by atoms with Gasteiger partial charge in [0.1, 0.15) is 35.5 Å². The molecule has 0 atom stereocenters. The maximum Gasteiger partial charge on any atom is 0.410 e. The summed E-state index contributed by atoms with van der Waals surface area (Å²) in [6.45, 7) is 5.59. The van der Waals surface area contributed by atoms with Gasteiger partial charge in [0, 0.05) is 42.7 Å². The molecule has 13 heteroatoms. The number of rotatable bonds is 11. The molecule has 5 aromatic rings. The van der Waals surface area contributed by atoms with E-state index in [-0.39, 0.29) is 71.6 Å². The zero-order valence-corrected chi connectivity index (χ0v) is 28.1. The minimum Gasteiger partial charge on any atom is -0.478 e. The van der Waals surface area contributed by atoms with Crippen molar-refractivity contribution in [1.29, 1.82) is 5.26 Å². The van der Waals surface area contributed by atoms with Gasteiger partial charge in [-0.05, 0) is 87.7 Å². The molecular formula is C38H34F3N5O5. The van der Waals surface area contributed by atoms with Crippen molar-refractivity contribution in [3.8, 4) is 23.2 Å². The third-order valence-electron chi connectivity index (χ3n) is 8.30. The lowest BCUT2D eigenvalue weighted by atomic mass is 10.0. The normalized spacial score (nSPS) is 12.8. The Kier molecular flexibility index (Phi) is 9.69. The topological polar surface area (TPSA) is 131 Å². The molecule has 1 N–H and O–H groups in total.